The minimum atomic E-state index is -0.172. The molecular formula is C27H44O. The fourth-order valence-corrected chi connectivity index (χ4v) is 6.66. The highest BCUT2D eigenvalue weighted by Crippen LogP contribution is 2.59. The molecule has 0 aromatic carbocycles. The Hall–Kier alpha value is -0.820. The Morgan fingerprint density at radius 3 is 2.64 bits per heavy atom. The molecule has 0 saturated heterocycles. The van der Waals surface area contributed by atoms with Gasteiger partial charge >= 0.3 is 0 Å². The Bertz CT molecular complexity index is 610. The van der Waals surface area contributed by atoms with E-state index in [9.17, 15) is 5.11 Å². The lowest BCUT2D eigenvalue weighted by Gasteiger charge is -2.44. The van der Waals surface area contributed by atoms with Gasteiger partial charge in [0, 0.05) is 0 Å². The van der Waals surface area contributed by atoms with Crippen molar-refractivity contribution < 1.29 is 5.11 Å². The lowest BCUT2D eigenvalue weighted by Crippen LogP contribution is -2.36. The van der Waals surface area contributed by atoms with Crippen LogP contribution in [0, 0.1) is 29.1 Å². The molecule has 0 aromatic rings. The average molecular weight is 388 g/mol. The van der Waals surface area contributed by atoms with Gasteiger partial charge in [-0.2, -0.15) is 0 Å². The predicted molar refractivity (Wildman–Crippen MR) is 121 cm³/mol. The van der Waals surface area contributed by atoms with Crippen molar-refractivity contribution in [3.63, 3.8) is 0 Å². The van der Waals surface area contributed by atoms with Gasteiger partial charge in [0.1, 0.15) is 0 Å². The van der Waals surface area contributed by atoms with E-state index in [1.165, 1.54) is 62.5 Å². The predicted octanol–water partition coefficient (Wildman–Crippen LogP) is 7.62. The van der Waals surface area contributed by atoms with Gasteiger partial charge in [-0.3, -0.25) is 0 Å². The van der Waals surface area contributed by atoms with E-state index < -0.39 is 0 Å². The van der Waals surface area contributed by atoms with E-state index in [1.54, 1.807) is 5.57 Å². The molecule has 28 heavy (non-hydrogen) atoms. The Balaban J connectivity index is 1.70. The summed E-state index contributed by atoms with van der Waals surface area (Å²) in [7, 11) is 0. The molecule has 3 aliphatic rings. The average Bonchev–Trinajstić information content (AvgIpc) is 2.99. The lowest BCUT2D eigenvalue weighted by molar-refractivity contribution is 0.0929. The molecule has 1 heteroatoms. The van der Waals surface area contributed by atoms with Gasteiger partial charge < -0.3 is 5.11 Å². The molecule has 3 aliphatic carbocycles. The molecule has 0 aliphatic heterocycles. The third-order valence-corrected chi connectivity index (χ3v) is 8.35. The Morgan fingerprint density at radius 2 is 1.89 bits per heavy atom. The van der Waals surface area contributed by atoms with E-state index >= 15 is 0 Å². The van der Waals surface area contributed by atoms with Gasteiger partial charge in [-0.15, -0.1) is 0 Å². The van der Waals surface area contributed by atoms with Crippen molar-refractivity contribution in [3.8, 4) is 0 Å². The molecule has 0 spiro atoms. The van der Waals surface area contributed by atoms with Crippen LogP contribution in [0.4, 0.5) is 0 Å². The van der Waals surface area contributed by atoms with Crippen molar-refractivity contribution in [3.05, 3.63) is 35.5 Å². The molecule has 1 unspecified atom stereocenters. The Morgan fingerprint density at radius 1 is 1.11 bits per heavy atom. The zero-order chi connectivity index (χ0) is 20.3. The molecule has 0 heterocycles. The summed E-state index contributed by atoms with van der Waals surface area (Å²) in [5.74, 6) is 3.37. The molecule has 1 N–H and O–H groups in total. The summed E-state index contributed by atoms with van der Waals surface area (Å²) in [6.07, 6.45) is 18.2. The maximum Gasteiger partial charge on any atom is 0.0583 e. The molecule has 0 radical (unpaired) electrons. The van der Waals surface area contributed by atoms with Crippen molar-refractivity contribution in [1.29, 1.82) is 0 Å². The van der Waals surface area contributed by atoms with Crippen molar-refractivity contribution in [1.82, 2.24) is 0 Å². The van der Waals surface area contributed by atoms with E-state index in [0.717, 1.165) is 42.9 Å². The normalized spacial score (nSPS) is 37.6. The van der Waals surface area contributed by atoms with Crippen molar-refractivity contribution >= 4 is 0 Å². The van der Waals surface area contributed by atoms with Crippen LogP contribution < -0.4 is 0 Å². The largest absolute Gasteiger partial charge is 0.393 e. The Labute approximate surface area is 174 Å². The third kappa shape index (κ3) is 4.84. The van der Waals surface area contributed by atoms with Crippen LogP contribution in [0.2, 0.25) is 0 Å². The molecule has 1 nitrogen and oxygen atoms in total. The minimum Gasteiger partial charge on any atom is -0.393 e. The van der Waals surface area contributed by atoms with E-state index in [2.05, 4.69) is 46.4 Å². The molecule has 3 rings (SSSR count). The van der Waals surface area contributed by atoms with E-state index in [4.69, 9.17) is 0 Å². The van der Waals surface area contributed by atoms with Gasteiger partial charge in [-0.25, -0.2) is 0 Å². The molecule has 3 saturated carbocycles. The van der Waals surface area contributed by atoms with Gasteiger partial charge in [0.15, 0.2) is 0 Å². The van der Waals surface area contributed by atoms with Crippen LogP contribution in [0.15, 0.2) is 35.5 Å². The van der Waals surface area contributed by atoms with Crippen molar-refractivity contribution in [2.45, 2.75) is 104 Å². The second-order valence-corrected chi connectivity index (χ2v) is 10.8. The number of fused-ring (bicyclic) bond motifs is 1. The summed E-state index contributed by atoms with van der Waals surface area (Å²) in [5, 5.41) is 10.0. The van der Waals surface area contributed by atoms with Crippen LogP contribution in [0.5, 0.6) is 0 Å². The smallest absolute Gasteiger partial charge is 0.0583 e. The number of rotatable bonds is 6. The van der Waals surface area contributed by atoms with Crippen LogP contribution in [0.3, 0.4) is 0 Å². The summed E-state index contributed by atoms with van der Waals surface area (Å²) in [5.41, 5.74) is 4.72. The van der Waals surface area contributed by atoms with E-state index in [0.29, 0.717) is 5.41 Å². The minimum absolute atomic E-state index is 0.172. The molecule has 3 fully saturated rings. The summed E-state index contributed by atoms with van der Waals surface area (Å²) in [4.78, 5) is 0. The highest BCUT2D eigenvalue weighted by Gasteiger charge is 2.50. The first kappa shape index (κ1) is 21.9. The monoisotopic (exact) mass is 387 g/mol. The molecule has 0 bridgehead atoms. The second kappa shape index (κ2) is 9.33. The molecule has 0 aromatic heterocycles. The summed E-state index contributed by atoms with van der Waals surface area (Å²) in [6, 6.07) is 0. The topological polar surface area (TPSA) is 20.2 Å². The van der Waals surface area contributed by atoms with E-state index in [1.807, 2.05) is 0 Å². The van der Waals surface area contributed by atoms with Crippen molar-refractivity contribution in [2.24, 2.45) is 29.1 Å². The van der Waals surface area contributed by atoms with Crippen LogP contribution in [0.25, 0.3) is 0 Å². The summed E-state index contributed by atoms with van der Waals surface area (Å²) >= 11 is 0. The van der Waals surface area contributed by atoms with Crippen LogP contribution in [0.1, 0.15) is 98.3 Å². The zero-order valence-corrected chi connectivity index (χ0v) is 19.0. The molecule has 5 atom stereocenters. The van der Waals surface area contributed by atoms with Gasteiger partial charge in [-0.05, 0) is 86.0 Å². The fraction of sp³-hybridized carbons (Fsp3) is 0.778. The molecular weight excluding hydrogens is 343 g/mol. The number of allylic oxidation sites excluding steroid dienone is 4. The first-order valence-electron chi connectivity index (χ1n) is 12.1. The Kier molecular flexibility index (Phi) is 7.29. The maximum absolute atomic E-state index is 10.0. The zero-order valence-electron chi connectivity index (χ0n) is 19.0. The van der Waals surface area contributed by atoms with E-state index in [-0.39, 0.29) is 6.10 Å². The van der Waals surface area contributed by atoms with Crippen molar-refractivity contribution in [2.75, 3.05) is 0 Å². The SMILES string of the molecule is C=C1CC[C@H](O)C/C1=C/C=C1\CCC[C@@]2(C)C1CC[C@@H]2[C@H](C)CCC[13CH]([13CH3])[13CH3]. The van der Waals surface area contributed by atoms with Gasteiger partial charge in [0.25, 0.3) is 0 Å². The summed E-state index contributed by atoms with van der Waals surface area (Å²) < 4.78 is 0. The van der Waals surface area contributed by atoms with Crippen LogP contribution in [-0.2, 0) is 0 Å². The highest BCUT2D eigenvalue weighted by molar-refractivity contribution is 5.36. The first-order valence-corrected chi connectivity index (χ1v) is 12.1. The highest BCUT2D eigenvalue weighted by atomic mass is 16.3. The molecule has 0 amide bonds. The first-order chi connectivity index (χ1) is 13.3. The van der Waals surface area contributed by atoms with Gasteiger partial charge in [0.2, 0.25) is 0 Å². The molecule has 158 valence electrons. The number of aliphatic hydroxyl groups is 1. The number of hydrogen-bond donors (Lipinski definition) is 1. The number of aliphatic hydroxyl groups excluding tert-OH is 1. The van der Waals surface area contributed by atoms with Gasteiger partial charge in [0.05, 0.1) is 6.10 Å². The summed E-state index contributed by atoms with van der Waals surface area (Å²) in [6.45, 7) is 14.1. The lowest BCUT2D eigenvalue weighted by atomic mass is 9.60. The standard InChI is InChI=1S/C27H44O/c1-19(2)8-6-9-21(4)25-15-16-26-22(10-7-17-27(25,26)5)12-13-23-18-24(28)14-11-20(23)3/h12-13,19,21,24-26,28H,3,6-11,14-18H2,1-2,4-5H3/b22-12+,23-13-/t21-,24+,25-,26?,27-/m1/s1/i1+1,2+1,19+1. The third-order valence-electron chi connectivity index (χ3n) is 8.35. The maximum atomic E-state index is 10.0. The fourth-order valence-electron chi connectivity index (χ4n) is 6.66. The quantitative estimate of drug-likeness (QED) is 0.465. The van der Waals surface area contributed by atoms with Crippen LogP contribution in [-0.4, -0.2) is 11.2 Å². The van der Waals surface area contributed by atoms with Gasteiger partial charge in [-0.1, -0.05) is 76.8 Å². The second-order valence-electron chi connectivity index (χ2n) is 10.8. The number of hydrogen-bond acceptors (Lipinski definition) is 1. The van der Waals surface area contributed by atoms with Crippen LogP contribution >= 0.6 is 0 Å².